The Morgan fingerprint density at radius 1 is 1.06 bits per heavy atom. The molecule has 0 saturated heterocycles. The van der Waals surface area contributed by atoms with E-state index in [9.17, 15) is 9.90 Å². The number of alkyl halides is 2. The molecule has 2 atom stereocenters. The Bertz CT molecular complexity index is 2260. The molecule has 2 N–H and O–H groups in total. The molecule has 6 bridgehead atoms. The average Bonchev–Trinajstić information content (AvgIpc) is 3.85. The number of nitrogens with one attached hydrogen (secondary N) is 1. The van der Waals surface area contributed by atoms with E-state index in [1.54, 1.807) is 57.4 Å². The lowest BCUT2D eigenvalue weighted by Crippen LogP contribution is -2.32. The predicted octanol–water partition coefficient (Wildman–Crippen LogP) is 7.66. The summed E-state index contributed by atoms with van der Waals surface area (Å²) in [5, 5.41) is 19.1. The third-order valence-corrected chi connectivity index (χ3v) is 9.41. The molecule has 0 fully saturated rings. The molecule has 3 aromatic carbocycles. The van der Waals surface area contributed by atoms with E-state index in [1.807, 2.05) is 0 Å². The molecule has 10 nitrogen and oxygen atoms in total. The maximum Gasteiger partial charge on any atom is 0.306 e. The summed E-state index contributed by atoms with van der Waals surface area (Å²) < 4.78 is 76.9. The van der Waals surface area contributed by atoms with Gasteiger partial charge in [-0.05, 0) is 55.2 Å². The summed E-state index contributed by atoms with van der Waals surface area (Å²) in [6, 6.07) is 15.5. The molecule has 1 aliphatic heterocycles. The molecule has 7 rings (SSSR count). The number of carbonyl (C=O) groups is 1. The summed E-state index contributed by atoms with van der Waals surface area (Å²) in [4.78, 5) is 19.3. The Kier molecular flexibility index (Phi) is 8.56. The molecular weight excluding hydrogens is 668 g/mol. The van der Waals surface area contributed by atoms with Crippen LogP contribution in [0.25, 0.3) is 22.3 Å². The van der Waals surface area contributed by atoms with E-state index < -0.39 is 47.9 Å². The number of H-pyrrole nitrogens is 1. The first kappa shape index (κ1) is 33.8. The second kappa shape index (κ2) is 12.9. The molecule has 264 valence electrons. The van der Waals surface area contributed by atoms with Crippen molar-refractivity contribution in [3.63, 3.8) is 0 Å². The summed E-state index contributed by atoms with van der Waals surface area (Å²) in [7, 11) is 1.56. The number of ether oxygens (including phenoxy) is 2. The van der Waals surface area contributed by atoms with Gasteiger partial charge in [-0.3, -0.25) is 9.48 Å². The van der Waals surface area contributed by atoms with Crippen molar-refractivity contribution in [3.05, 3.63) is 107 Å². The lowest BCUT2D eigenvalue weighted by molar-refractivity contribution is -0.141. The number of hydrogen-bond acceptors (Lipinski definition) is 6. The zero-order valence-corrected chi connectivity index (χ0v) is 28.0. The van der Waals surface area contributed by atoms with E-state index >= 15 is 17.6 Å². The first-order valence-corrected chi connectivity index (χ1v) is 16.3. The number of benzene rings is 3. The fourth-order valence-corrected chi connectivity index (χ4v) is 6.42. The van der Waals surface area contributed by atoms with Gasteiger partial charge in [-0.1, -0.05) is 31.2 Å². The van der Waals surface area contributed by atoms with Gasteiger partial charge in [-0.25, -0.2) is 27.2 Å². The number of aromatic nitrogens is 6. The van der Waals surface area contributed by atoms with Crippen LogP contribution in [-0.4, -0.2) is 53.1 Å². The molecule has 1 aliphatic rings. The standard InChI is InChI=1S/C37H34F4N6O4/c1-21(34(48)49)15-22-5-4-6-23(16-22)36(2)11-12-37(40,41)20-50-31-10-14-47(44-31)19-27-25-9-13-42-30(25)18-29(39)32(27)51-24-7-8-28(38)26(17-24)33-43-35(36)45-46(33)3/h4-10,13-14,16-18,21,42H,11-12,15,19-20H2,1-3H3,(H,48,49). The molecule has 6 aromatic rings. The van der Waals surface area contributed by atoms with Crippen LogP contribution in [-0.2, 0) is 30.2 Å². The molecule has 4 heterocycles. The Labute approximate surface area is 289 Å². The Hall–Kier alpha value is -5.66. The molecule has 51 heavy (non-hydrogen) atoms. The number of nitrogens with zero attached hydrogens (tertiary/aromatic N) is 5. The molecule has 0 radical (unpaired) electrons. The van der Waals surface area contributed by atoms with E-state index in [2.05, 4.69) is 15.2 Å². The quantitative estimate of drug-likeness (QED) is 0.181. The topological polar surface area (TPSA) is 120 Å². The largest absolute Gasteiger partial charge is 0.481 e. The van der Waals surface area contributed by atoms with Gasteiger partial charge < -0.3 is 19.6 Å². The van der Waals surface area contributed by atoms with Crippen LogP contribution in [0.3, 0.4) is 0 Å². The average molecular weight is 703 g/mol. The van der Waals surface area contributed by atoms with Gasteiger partial charge in [0.05, 0.1) is 23.4 Å². The monoisotopic (exact) mass is 702 g/mol. The second-order valence-electron chi connectivity index (χ2n) is 13.2. The Morgan fingerprint density at radius 3 is 2.69 bits per heavy atom. The molecule has 0 spiro atoms. The van der Waals surface area contributed by atoms with Gasteiger partial charge in [0.25, 0.3) is 5.92 Å². The molecule has 0 aliphatic carbocycles. The molecule has 3 aromatic heterocycles. The number of fused-ring (bicyclic) bond motifs is 10. The zero-order valence-electron chi connectivity index (χ0n) is 28.0. The van der Waals surface area contributed by atoms with Crippen LogP contribution in [0.1, 0.15) is 49.2 Å². The fraction of sp³-hybridized carbons (Fsp3) is 0.297. The number of aromatic amines is 1. The van der Waals surface area contributed by atoms with E-state index in [-0.39, 0.29) is 54.0 Å². The molecule has 2 unspecified atom stereocenters. The van der Waals surface area contributed by atoms with Crippen LogP contribution in [0.15, 0.2) is 73.1 Å². The summed E-state index contributed by atoms with van der Waals surface area (Å²) in [5.41, 5.74) is 0.956. The Morgan fingerprint density at radius 2 is 1.88 bits per heavy atom. The number of halogens is 4. The predicted molar refractivity (Wildman–Crippen MR) is 179 cm³/mol. The fourth-order valence-electron chi connectivity index (χ4n) is 6.42. The van der Waals surface area contributed by atoms with Crippen LogP contribution < -0.4 is 9.47 Å². The first-order chi connectivity index (χ1) is 24.3. The number of rotatable bonds is 4. The van der Waals surface area contributed by atoms with Crippen molar-refractivity contribution in [1.82, 2.24) is 29.5 Å². The van der Waals surface area contributed by atoms with Crippen LogP contribution >= 0.6 is 0 Å². The molecule has 14 heteroatoms. The lowest BCUT2D eigenvalue weighted by Gasteiger charge is -2.30. The van der Waals surface area contributed by atoms with E-state index in [1.165, 1.54) is 45.9 Å². The zero-order chi connectivity index (χ0) is 36.1. The van der Waals surface area contributed by atoms with Crippen molar-refractivity contribution < 1.29 is 36.9 Å². The number of carboxylic acids is 1. The molecule has 0 saturated carbocycles. The third-order valence-electron chi connectivity index (χ3n) is 9.41. The van der Waals surface area contributed by atoms with Gasteiger partial charge in [0.15, 0.2) is 29.8 Å². The van der Waals surface area contributed by atoms with Crippen LogP contribution in [0, 0.1) is 17.6 Å². The van der Waals surface area contributed by atoms with Gasteiger partial charge in [-0.15, -0.1) is 5.10 Å². The third kappa shape index (κ3) is 6.65. The summed E-state index contributed by atoms with van der Waals surface area (Å²) in [6.07, 6.45) is 2.62. The van der Waals surface area contributed by atoms with Gasteiger partial charge >= 0.3 is 5.97 Å². The maximum absolute atomic E-state index is 15.7. The van der Waals surface area contributed by atoms with Crippen molar-refractivity contribution in [2.75, 3.05) is 6.61 Å². The van der Waals surface area contributed by atoms with Crippen LogP contribution in [0.4, 0.5) is 17.6 Å². The smallest absolute Gasteiger partial charge is 0.306 e. The van der Waals surface area contributed by atoms with Crippen molar-refractivity contribution in [1.29, 1.82) is 0 Å². The summed E-state index contributed by atoms with van der Waals surface area (Å²) >= 11 is 0. The SMILES string of the molecule is CC(Cc1cccc(C2(C)CCC(F)(F)COc3ccn(n3)Cc3c(c(F)cc4[nH]ccc34)Oc3ccc(F)c(c3)-c3nc2nn3C)c1)C(=O)O. The van der Waals surface area contributed by atoms with E-state index in [4.69, 9.17) is 14.5 Å². The van der Waals surface area contributed by atoms with E-state index in [0.29, 0.717) is 27.6 Å². The van der Waals surface area contributed by atoms with Crippen molar-refractivity contribution in [2.45, 2.75) is 51.0 Å². The van der Waals surface area contributed by atoms with Crippen LogP contribution in [0.2, 0.25) is 0 Å². The highest BCUT2D eigenvalue weighted by Crippen LogP contribution is 2.41. The normalized spacial score (nSPS) is 18.1. The van der Waals surface area contributed by atoms with Gasteiger partial charge in [-0.2, -0.15) is 5.10 Å². The van der Waals surface area contributed by atoms with Crippen molar-refractivity contribution in [2.24, 2.45) is 13.0 Å². The molecule has 0 amide bonds. The first-order valence-electron chi connectivity index (χ1n) is 16.3. The van der Waals surface area contributed by atoms with Gasteiger partial charge in [0.1, 0.15) is 11.6 Å². The number of aryl methyl sites for hydroxylation is 1. The van der Waals surface area contributed by atoms with E-state index in [0.717, 1.165) is 0 Å². The number of hydrogen-bond donors (Lipinski definition) is 2. The number of aliphatic carboxylic acids is 1. The maximum atomic E-state index is 15.7. The minimum absolute atomic E-state index is 0.00169. The summed E-state index contributed by atoms with van der Waals surface area (Å²) in [6.45, 7) is 2.35. The number of carboxylic acid groups (broad SMARTS) is 1. The highest BCUT2D eigenvalue weighted by Gasteiger charge is 2.40. The summed E-state index contributed by atoms with van der Waals surface area (Å²) in [5.74, 6) is -6.10. The van der Waals surface area contributed by atoms with Crippen molar-refractivity contribution in [3.8, 4) is 28.8 Å². The van der Waals surface area contributed by atoms with Crippen molar-refractivity contribution >= 4 is 16.9 Å². The second-order valence-corrected chi connectivity index (χ2v) is 13.2. The molecular formula is C37H34F4N6O4. The Balaban J connectivity index is 1.37. The van der Waals surface area contributed by atoms with Gasteiger partial charge in [0, 0.05) is 54.5 Å². The van der Waals surface area contributed by atoms with Crippen LogP contribution in [0.5, 0.6) is 17.4 Å². The minimum atomic E-state index is -3.32. The van der Waals surface area contributed by atoms with Gasteiger partial charge in [0.2, 0.25) is 5.88 Å². The highest BCUT2D eigenvalue weighted by molar-refractivity contribution is 5.85. The minimum Gasteiger partial charge on any atom is -0.481 e. The highest BCUT2D eigenvalue weighted by atomic mass is 19.3. The lowest BCUT2D eigenvalue weighted by atomic mass is 9.76.